The van der Waals surface area contributed by atoms with Crippen molar-refractivity contribution in [2.75, 3.05) is 38.1 Å². The molecule has 2 rings (SSSR count). The third kappa shape index (κ3) is 2.84. The smallest absolute Gasteiger partial charge is 0.133 e. The monoisotopic (exact) mass is 242 g/mol. The minimum absolute atomic E-state index is 0. The van der Waals surface area contributed by atoms with E-state index in [1.165, 1.54) is 0 Å². The molecule has 1 aromatic heterocycles. The number of aromatic nitrogens is 1. The molecule has 2 heterocycles. The first-order valence-electron chi connectivity index (χ1n) is 5.38. The van der Waals surface area contributed by atoms with E-state index >= 15 is 0 Å². The van der Waals surface area contributed by atoms with Crippen LogP contribution in [0.2, 0.25) is 0 Å². The van der Waals surface area contributed by atoms with Gasteiger partial charge < -0.3 is 15.5 Å². The molecule has 0 bridgehead atoms. The molecule has 0 unspecified atom stereocenters. The standard InChI is InChI=1S/C11H18N4.ClH/c1-14-5-7-15(8-6-14)11-10(9-12)3-2-4-13-11;/h2-4H,5-9,12H2,1H3;1H. The van der Waals surface area contributed by atoms with Gasteiger partial charge in [0.15, 0.2) is 0 Å². The topological polar surface area (TPSA) is 45.4 Å². The molecule has 1 aliphatic rings. The molecular weight excluding hydrogens is 224 g/mol. The quantitative estimate of drug-likeness (QED) is 0.830. The fraction of sp³-hybridized carbons (Fsp3) is 0.545. The summed E-state index contributed by atoms with van der Waals surface area (Å²) >= 11 is 0. The summed E-state index contributed by atoms with van der Waals surface area (Å²) in [6.07, 6.45) is 1.84. The molecule has 0 amide bonds. The molecule has 1 aromatic rings. The number of rotatable bonds is 2. The van der Waals surface area contributed by atoms with E-state index in [0.717, 1.165) is 37.6 Å². The molecule has 0 saturated carbocycles. The Kier molecular flexibility index (Phi) is 4.99. The minimum Gasteiger partial charge on any atom is -0.354 e. The second-order valence-corrected chi connectivity index (χ2v) is 3.98. The summed E-state index contributed by atoms with van der Waals surface area (Å²) in [4.78, 5) is 9.08. The van der Waals surface area contributed by atoms with E-state index in [4.69, 9.17) is 5.73 Å². The number of hydrogen-bond acceptors (Lipinski definition) is 4. The lowest BCUT2D eigenvalue weighted by Gasteiger charge is -2.34. The van der Waals surface area contributed by atoms with Crippen molar-refractivity contribution in [1.82, 2.24) is 9.88 Å². The maximum Gasteiger partial charge on any atom is 0.133 e. The van der Waals surface area contributed by atoms with E-state index in [2.05, 4.69) is 27.9 Å². The molecular formula is C11H19ClN4. The van der Waals surface area contributed by atoms with Crippen molar-refractivity contribution in [2.45, 2.75) is 6.54 Å². The average Bonchev–Trinajstić information content (AvgIpc) is 2.30. The van der Waals surface area contributed by atoms with Gasteiger partial charge in [-0.05, 0) is 13.1 Å². The number of piperazine rings is 1. The van der Waals surface area contributed by atoms with Crippen LogP contribution in [-0.4, -0.2) is 43.1 Å². The SMILES string of the molecule is CN1CCN(c2ncccc2CN)CC1.Cl. The van der Waals surface area contributed by atoms with E-state index in [9.17, 15) is 0 Å². The molecule has 1 fully saturated rings. The van der Waals surface area contributed by atoms with E-state index in [1.54, 1.807) is 0 Å². The van der Waals surface area contributed by atoms with Gasteiger partial charge in [0, 0.05) is 44.5 Å². The van der Waals surface area contributed by atoms with Crippen molar-refractivity contribution >= 4 is 18.2 Å². The lowest BCUT2D eigenvalue weighted by molar-refractivity contribution is 0.312. The molecule has 5 heteroatoms. The summed E-state index contributed by atoms with van der Waals surface area (Å²) in [5, 5.41) is 0. The number of hydrogen-bond donors (Lipinski definition) is 1. The Balaban J connectivity index is 0.00000128. The summed E-state index contributed by atoms with van der Waals surface area (Å²) < 4.78 is 0. The Hall–Kier alpha value is -0.840. The average molecular weight is 243 g/mol. The van der Waals surface area contributed by atoms with Crippen molar-refractivity contribution in [3.8, 4) is 0 Å². The van der Waals surface area contributed by atoms with E-state index < -0.39 is 0 Å². The number of nitrogens with two attached hydrogens (primary N) is 1. The number of halogens is 1. The zero-order chi connectivity index (χ0) is 10.7. The molecule has 0 radical (unpaired) electrons. The van der Waals surface area contributed by atoms with Gasteiger partial charge in [-0.2, -0.15) is 0 Å². The van der Waals surface area contributed by atoms with Crippen molar-refractivity contribution in [3.63, 3.8) is 0 Å². The third-order valence-electron chi connectivity index (χ3n) is 2.89. The molecule has 1 saturated heterocycles. The summed E-state index contributed by atoms with van der Waals surface area (Å²) in [7, 11) is 2.15. The lowest BCUT2D eigenvalue weighted by Crippen LogP contribution is -2.45. The highest BCUT2D eigenvalue weighted by molar-refractivity contribution is 5.85. The normalized spacial score (nSPS) is 17.0. The van der Waals surface area contributed by atoms with E-state index in [-0.39, 0.29) is 12.4 Å². The zero-order valence-electron chi connectivity index (χ0n) is 9.59. The zero-order valence-corrected chi connectivity index (χ0v) is 10.4. The molecule has 2 N–H and O–H groups in total. The molecule has 0 spiro atoms. The third-order valence-corrected chi connectivity index (χ3v) is 2.89. The van der Waals surface area contributed by atoms with Crippen molar-refractivity contribution in [3.05, 3.63) is 23.9 Å². The first-order valence-corrected chi connectivity index (χ1v) is 5.38. The van der Waals surface area contributed by atoms with Crippen LogP contribution in [0.1, 0.15) is 5.56 Å². The minimum atomic E-state index is 0. The number of pyridine rings is 1. The van der Waals surface area contributed by atoms with Gasteiger partial charge >= 0.3 is 0 Å². The molecule has 4 nitrogen and oxygen atoms in total. The molecule has 16 heavy (non-hydrogen) atoms. The van der Waals surface area contributed by atoms with E-state index in [1.807, 2.05) is 12.3 Å². The lowest BCUT2D eigenvalue weighted by atomic mass is 10.2. The van der Waals surface area contributed by atoms with Crippen LogP contribution in [0.25, 0.3) is 0 Å². The number of likely N-dealkylation sites (N-methyl/N-ethyl adjacent to an activating group) is 1. The Labute approximate surface area is 103 Å². The second kappa shape index (κ2) is 6.03. The van der Waals surface area contributed by atoms with Crippen molar-refractivity contribution < 1.29 is 0 Å². The summed E-state index contributed by atoms with van der Waals surface area (Å²) in [6, 6.07) is 4.00. The first-order chi connectivity index (χ1) is 7.31. The molecule has 0 aliphatic carbocycles. The molecule has 90 valence electrons. The Morgan fingerprint density at radius 1 is 1.31 bits per heavy atom. The van der Waals surface area contributed by atoms with Gasteiger partial charge in [-0.3, -0.25) is 0 Å². The van der Waals surface area contributed by atoms with Gasteiger partial charge in [-0.1, -0.05) is 6.07 Å². The van der Waals surface area contributed by atoms with Gasteiger partial charge in [0.25, 0.3) is 0 Å². The van der Waals surface area contributed by atoms with Crippen LogP contribution in [0.4, 0.5) is 5.82 Å². The summed E-state index contributed by atoms with van der Waals surface area (Å²) in [6.45, 7) is 4.84. The molecule has 1 aliphatic heterocycles. The van der Waals surface area contributed by atoms with Crippen LogP contribution in [0, 0.1) is 0 Å². The van der Waals surface area contributed by atoms with Gasteiger partial charge in [0.2, 0.25) is 0 Å². The molecule has 0 atom stereocenters. The van der Waals surface area contributed by atoms with Gasteiger partial charge in [-0.25, -0.2) is 4.98 Å². The second-order valence-electron chi connectivity index (χ2n) is 3.98. The largest absolute Gasteiger partial charge is 0.354 e. The van der Waals surface area contributed by atoms with Crippen LogP contribution in [0.15, 0.2) is 18.3 Å². The fourth-order valence-electron chi connectivity index (χ4n) is 1.89. The van der Waals surface area contributed by atoms with Gasteiger partial charge in [0.1, 0.15) is 5.82 Å². The highest BCUT2D eigenvalue weighted by Crippen LogP contribution is 2.17. The van der Waals surface area contributed by atoms with Crippen LogP contribution >= 0.6 is 12.4 Å². The maximum atomic E-state index is 5.71. The Morgan fingerprint density at radius 3 is 2.62 bits per heavy atom. The van der Waals surface area contributed by atoms with Crippen molar-refractivity contribution in [2.24, 2.45) is 5.73 Å². The fourth-order valence-corrected chi connectivity index (χ4v) is 1.89. The van der Waals surface area contributed by atoms with Crippen LogP contribution in [0.3, 0.4) is 0 Å². The molecule has 0 aromatic carbocycles. The van der Waals surface area contributed by atoms with Gasteiger partial charge in [0.05, 0.1) is 0 Å². The highest BCUT2D eigenvalue weighted by atomic mass is 35.5. The van der Waals surface area contributed by atoms with E-state index in [0.29, 0.717) is 6.54 Å². The number of anilines is 1. The maximum absolute atomic E-state index is 5.71. The predicted octanol–water partition coefficient (Wildman–Crippen LogP) is 0.714. The highest BCUT2D eigenvalue weighted by Gasteiger charge is 2.16. The Bertz CT molecular complexity index is 324. The first kappa shape index (κ1) is 13.2. The van der Waals surface area contributed by atoms with Crippen molar-refractivity contribution in [1.29, 1.82) is 0 Å². The summed E-state index contributed by atoms with van der Waals surface area (Å²) in [5.41, 5.74) is 6.85. The van der Waals surface area contributed by atoms with Crippen LogP contribution in [-0.2, 0) is 6.54 Å². The Morgan fingerprint density at radius 2 is 2.00 bits per heavy atom. The summed E-state index contributed by atoms with van der Waals surface area (Å²) in [5.74, 6) is 1.06. The van der Waals surface area contributed by atoms with Crippen LogP contribution < -0.4 is 10.6 Å². The van der Waals surface area contributed by atoms with Crippen LogP contribution in [0.5, 0.6) is 0 Å². The number of nitrogens with zero attached hydrogens (tertiary/aromatic N) is 3. The predicted molar refractivity (Wildman–Crippen MR) is 69.1 cm³/mol. The van der Waals surface area contributed by atoms with Gasteiger partial charge in [-0.15, -0.1) is 12.4 Å².